The second-order valence-corrected chi connectivity index (χ2v) is 7.17. The molecule has 1 atom stereocenters. The van der Waals surface area contributed by atoms with Gasteiger partial charge in [-0.25, -0.2) is 12.8 Å². The molecule has 0 saturated carbocycles. The van der Waals surface area contributed by atoms with E-state index in [2.05, 4.69) is 0 Å². The first-order valence-corrected chi connectivity index (χ1v) is 8.63. The van der Waals surface area contributed by atoms with E-state index in [0.717, 1.165) is 0 Å². The number of nitrogens with two attached hydrogens (primary N) is 1. The molecule has 7 heteroatoms. The number of thioether (sulfide) groups is 1. The summed E-state index contributed by atoms with van der Waals surface area (Å²) in [6.45, 7) is 1.97. The highest BCUT2D eigenvalue weighted by Crippen LogP contribution is 2.21. The van der Waals surface area contributed by atoms with Crippen molar-refractivity contribution in [2.24, 2.45) is 5.73 Å². The van der Waals surface area contributed by atoms with Gasteiger partial charge in [-0.3, -0.25) is 0 Å². The van der Waals surface area contributed by atoms with Crippen LogP contribution >= 0.6 is 11.8 Å². The van der Waals surface area contributed by atoms with Gasteiger partial charge >= 0.3 is 0 Å². The minimum atomic E-state index is -3.81. The summed E-state index contributed by atoms with van der Waals surface area (Å²) in [5.74, 6) is -0.107. The van der Waals surface area contributed by atoms with Gasteiger partial charge < -0.3 is 5.73 Å². The fraction of sp³-hybridized carbons (Fsp3) is 0.500. The lowest BCUT2D eigenvalue weighted by atomic mass is 10.2. The second kappa shape index (κ2) is 6.69. The Labute approximate surface area is 118 Å². The predicted molar refractivity (Wildman–Crippen MR) is 77.1 cm³/mol. The van der Waals surface area contributed by atoms with Crippen LogP contribution in [0.3, 0.4) is 0 Å². The summed E-state index contributed by atoms with van der Waals surface area (Å²) in [7, 11) is -2.35. The summed E-state index contributed by atoms with van der Waals surface area (Å²) in [5.41, 5.74) is 5.96. The number of rotatable bonds is 6. The van der Waals surface area contributed by atoms with Crippen molar-refractivity contribution in [3.8, 4) is 0 Å². The molecule has 2 N–H and O–H groups in total. The Hall–Kier alpha value is -0.630. The molecule has 0 aliphatic carbocycles. The third kappa shape index (κ3) is 3.68. The van der Waals surface area contributed by atoms with Crippen LogP contribution in [-0.2, 0) is 16.6 Å². The first kappa shape index (κ1) is 16.4. The Morgan fingerprint density at radius 2 is 2.11 bits per heavy atom. The van der Waals surface area contributed by atoms with Crippen LogP contribution in [-0.4, -0.2) is 37.8 Å². The van der Waals surface area contributed by atoms with Crippen molar-refractivity contribution in [3.63, 3.8) is 0 Å². The molecular formula is C12H19FN2O2S2. The minimum absolute atomic E-state index is 0.177. The smallest absolute Gasteiger partial charge is 0.246 e. The van der Waals surface area contributed by atoms with E-state index in [1.807, 2.05) is 6.26 Å². The fourth-order valence-electron chi connectivity index (χ4n) is 1.62. The van der Waals surface area contributed by atoms with Gasteiger partial charge in [0.25, 0.3) is 0 Å². The molecule has 4 nitrogen and oxygen atoms in total. The minimum Gasteiger partial charge on any atom is -0.326 e. The van der Waals surface area contributed by atoms with Gasteiger partial charge in [-0.2, -0.15) is 16.1 Å². The lowest BCUT2D eigenvalue weighted by molar-refractivity contribution is 0.411. The molecule has 1 rings (SSSR count). The molecule has 0 aliphatic heterocycles. The summed E-state index contributed by atoms with van der Waals surface area (Å²) in [6, 6.07) is 3.77. The SMILES string of the molecule is CSCC(C)N(C)S(=O)(=O)c1ccc(CN)cc1F. The maximum atomic E-state index is 13.9. The summed E-state index contributed by atoms with van der Waals surface area (Å²) >= 11 is 1.54. The molecule has 1 unspecified atom stereocenters. The van der Waals surface area contributed by atoms with Gasteiger partial charge in [0.15, 0.2) is 0 Å². The van der Waals surface area contributed by atoms with Gasteiger partial charge in [0.1, 0.15) is 10.7 Å². The molecule has 108 valence electrons. The van der Waals surface area contributed by atoms with Crippen molar-refractivity contribution in [2.45, 2.75) is 24.4 Å². The molecule has 0 saturated heterocycles. The van der Waals surface area contributed by atoms with Crippen LogP contribution in [0.4, 0.5) is 4.39 Å². The van der Waals surface area contributed by atoms with Crippen molar-refractivity contribution < 1.29 is 12.8 Å². The van der Waals surface area contributed by atoms with Crippen LogP contribution in [0.5, 0.6) is 0 Å². The van der Waals surface area contributed by atoms with Gasteiger partial charge in [-0.15, -0.1) is 0 Å². The maximum Gasteiger partial charge on any atom is 0.246 e. The van der Waals surface area contributed by atoms with Crippen LogP contribution in [0.1, 0.15) is 12.5 Å². The average Bonchev–Trinajstić information content (AvgIpc) is 2.37. The van der Waals surface area contributed by atoms with Gasteiger partial charge in [-0.05, 0) is 30.9 Å². The first-order chi connectivity index (χ1) is 8.84. The molecule has 0 aromatic heterocycles. The Morgan fingerprint density at radius 3 is 2.58 bits per heavy atom. The van der Waals surface area contributed by atoms with Gasteiger partial charge in [0.05, 0.1) is 0 Å². The highest BCUT2D eigenvalue weighted by Gasteiger charge is 2.27. The maximum absolute atomic E-state index is 13.9. The van der Waals surface area contributed by atoms with Gasteiger partial charge in [0.2, 0.25) is 10.0 Å². The van der Waals surface area contributed by atoms with E-state index in [4.69, 9.17) is 5.73 Å². The monoisotopic (exact) mass is 306 g/mol. The predicted octanol–water partition coefficient (Wildman–Crippen LogP) is 1.66. The highest BCUT2D eigenvalue weighted by molar-refractivity contribution is 7.98. The Morgan fingerprint density at radius 1 is 1.47 bits per heavy atom. The first-order valence-electron chi connectivity index (χ1n) is 5.80. The zero-order chi connectivity index (χ0) is 14.6. The van der Waals surface area contributed by atoms with E-state index in [-0.39, 0.29) is 17.5 Å². The lowest BCUT2D eigenvalue weighted by Gasteiger charge is -2.24. The quantitative estimate of drug-likeness (QED) is 0.868. The fourth-order valence-corrected chi connectivity index (χ4v) is 3.82. The Bertz CT molecular complexity index is 535. The van der Waals surface area contributed by atoms with Crippen molar-refractivity contribution in [1.82, 2.24) is 4.31 Å². The van der Waals surface area contributed by atoms with Crippen molar-refractivity contribution in [2.75, 3.05) is 19.1 Å². The second-order valence-electron chi connectivity index (χ2n) is 4.29. The van der Waals surface area contributed by atoms with Crippen LogP contribution in [0.25, 0.3) is 0 Å². The van der Waals surface area contributed by atoms with Crippen LogP contribution in [0.2, 0.25) is 0 Å². The molecule has 0 aliphatic rings. The normalized spacial score (nSPS) is 13.8. The topological polar surface area (TPSA) is 63.4 Å². The third-order valence-electron chi connectivity index (χ3n) is 2.92. The molecule has 1 aromatic rings. The summed E-state index contributed by atoms with van der Waals surface area (Å²) in [4.78, 5) is -0.305. The molecule has 0 fully saturated rings. The molecule has 0 amide bonds. The number of nitrogens with zero attached hydrogens (tertiary/aromatic N) is 1. The number of hydrogen-bond acceptors (Lipinski definition) is 4. The highest BCUT2D eigenvalue weighted by atomic mass is 32.2. The van der Waals surface area contributed by atoms with E-state index >= 15 is 0 Å². The lowest BCUT2D eigenvalue weighted by Crippen LogP contribution is -2.37. The van der Waals surface area contributed by atoms with E-state index in [1.165, 1.54) is 29.6 Å². The Balaban J connectivity index is 3.13. The van der Waals surface area contributed by atoms with E-state index < -0.39 is 15.8 Å². The summed E-state index contributed by atoms with van der Waals surface area (Å²) in [5, 5.41) is 0. The largest absolute Gasteiger partial charge is 0.326 e. The third-order valence-corrected chi connectivity index (χ3v) is 5.74. The van der Waals surface area contributed by atoms with Crippen LogP contribution in [0.15, 0.2) is 23.1 Å². The van der Waals surface area contributed by atoms with Crippen molar-refractivity contribution in [3.05, 3.63) is 29.6 Å². The van der Waals surface area contributed by atoms with Gasteiger partial charge in [0, 0.05) is 25.4 Å². The molecule has 19 heavy (non-hydrogen) atoms. The van der Waals surface area contributed by atoms with Crippen LogP contribution < -0.4 is 5.73 Å². The van der Waals surface area contributed by atoms with Crippen molar-refractivity contribution in [1.29, 1.82) is 0 Å². The summed E-state index contributed by atoms with van der Waals surface area (Å²) < 4.78 is 39.7. The number of hydrogen-bond donors (Lipinski definition) is 1. The van der Waals surface area contributed by atoms with Crippen molar-refractivity contribution >= 4 is 21.8 Å². The molecule has 1 aromatic carbocycles. The van der Waals surface area contributed by atoms with E-state index in [1.54, 1.807) is 18.7 Å². The molecular weight excluding hydrogens is 287 g/mol. The van der Waals surface area contributed by atoms with Gasteiger partial charge in [-0.1, -0.05) is 6.07 Å². The molecule has 0 bridgehead atoms. The van der Waals surface area contributed by atoms with Crippen LogP contribution in [0, 0.1) is 5.82 Å². The zero-order valence-electron chi connectivity index (χ0n) is 11.3. The van der Waals surface area contributed by atoms with E-state index in [9.17, 15) is 12.8 Å². The number of halogens is 1. The number of benzene rings is 1. The summed E-state index contributed by atoms with van der Waals surface area (Å²) in [6.07, 6.45) is 1.90. The van der Waals surface area contributed by atoms with E-state index in [0.29, 0.717) is 11.3 Å². The Kier molecular flexibility index (Phi) is 5.79. The standard InChI is InChI=1S/C12H19FN2O2S2/c1-9(8-18-3)15(2)19(16,17)12-5-4-10(7-14)6-11(12)13/h4-6,9H,7-8,14H2,1-3H3. The molecule has 0 spiro atoms. The average molecular weight is 306 g/mol. The zero-order valence-corrected chi connectivity index (χ0v) is 12.9. The number of sulfonamides is 1. The molecule has 0 heterocycles. The molecule has 0 radical (unpaired) electrons.